The summed E-state index contributed by atoms with van der Waals surface area (Å²) in [6.45, 7) is 0. The number of rotatable bonds is 0. The maximum absolute atomic E-state index is 2.12. The van der Waals surface area contributed by atoms with Gasteiger partial charge in [0.05, 0.1) is 0 Å². The molecule has 0 saturated carbocycles. The van der Waals surface area contributed by atoms with Crippen molar-refractivity contribution in [3.05, 3.63) is 10.8 Å². The van der Waals surface area contributed by atoms with E-state index in [9.17, 15) is 0 Å². The zero-order valence-corrected chi connectivity index (χ0v) is 5.62. The van der Waals surface area contributed by atoms with Gasteiger partial charge in [-0.05, 0) is 10.8 Å². The fourth-order valence-electron chi connectivity index (χ4n) is 0.196. The van der Waals surface area contributed by atoms with Crippen LogP contribution in [0.3, 0.4) is 0 Å². The fraction of sp³-hybridized carbons (Fsp3) is 0.333. The van der Waals surface area contributed by atoms with Crippen LogP contribution in [-0.2, 0) is 16.5 Å². The Hall–Kier alpha value is 0.934. The van der Waals surface area contributed by atoms with Gasteiger partial charge in [0.25, 0.3) is 0 Å². The summed E-state index contributed by atoms with van der Waals surface area (Å²) < 4.78 is 0. The molecule has 0 radical (unpaired) electrons. The van der Waals surface area contributed by atoms with E-state index >= 15 is 0 Å². The zero-order chi connectivity index (χ0) is 3.54. The van der Waals surface area contributed by atoms with E-state index < -0.39 is 0 Å². The first-order valence-electron chi connectivity index (χ1n) is 1.38. The molecular formula is C3H4NiS2. The van der Waals surface area contributed by atoms with Crippen molar-refractivity contribution in [1.29, 1.82) is 0 Å². The van der Waals surface area contributed by atoms with E-state index in [0.29, 0.717) is 0 Å². The molecule has 1 aliphatic heterocycles. The summed E-state index contributed by atoms with van der Waals surface area (Å²) in [7, 11) is 0. The van der Waals surface area contributed by atoms with E-state index in [0.717, 1.165) is 0 Å². The number of hydrogen-bond acceptors (Lipinski definition) is 2. The number of hydrogen-bond donors (Lipinski definition) is 0. The fourth-order valence-corrected chi connectivity index (χ4v) is 1.77. The van der Waals surface area contributed by atoms with Gasteiger partial charge in [-0.25, -0.2) is 0 Å². The topological polar surface area (TPSA) is 0 Å². The zero-order valence-electron chi connectivity index (χ0n) is 2.99. The molecule has 3 heteroatoms. The van der Waals surface area contributed by atoms with Gasteiger partial charge in [0, 0.05) is 21.6 Å². The second-order valence-electron chi connectivity index (χ2n) is 0.723. The van der Waals surface area contributed by atoms with E-state index in [1.807, 2.05) is 23.5 Å². The SMILES string of the molecule is C1=CSCS1.[Ni]. The first-order chi connectivity index (χ1) is 2.50. The molecule has 0 spiro atoms. The molecule has 1 heterocycles. The molecule has 0 bridgehead atoms. The summed E-state index contributed by atoms with van der Waals surface area (Å²) in [5.74, 6) is 0. The van der Waals surface area contributed by atoms with Crippen molar-refractivity contribution in [2.45, 2.75) is 0 Å². The third-order valence-corrected chi connectivity index (χ3v) is 2.30. The minimum Gasteiger partial charge on any atom is -0.122 e. The molecular weight excluding hydrogens is 159 g/mol. The van der Waals surface area contributed by atoms with E-state index in [1.54, 1.807) is 0 Å². The quantitative estimate of drug-likeness (QED) is 0.500. The van der Waals surface area contributed by atoms with E-state index in [1.165, 1.54) is 5.08 Å². The monoisotopic (exact) mass is 162 g/mol. The molecule has 0 saturated heterocycles. The van der Waals surface area contributed by atoms with Crippen LogP contribution >= 0.6 is 23.5 Å². The predicted octanol–water partition coefficient (Wildman–Crippen LogP) is 1.89. The third-order valence-electron chi connectivity index (χ3n) is 0.384. The van der Waals surface area contributed by atoms with Gasteiger partial charge < -0.3 is 0 Å². The molecule has 0 aromatic heterocycles. The van der Waals surface area contributed by atoms with Gasteiger partial charge >= 0.3 is 0 Å². The molecule has 1 rings (SSSR count). The largest absolute Gasteiger partial charge is 0.122 e. The molecule has 0 atom stereocenters. The van der Waals surface area contributed by atoms with E-state index in [4.69, 9.17) is 0 Å². The van der Waals surface area contributed by atoms with Gasteiger partial charge in [0.15, 0.2) is 0 Å². The van der Waals surface area contributed by atoms with Crippen molar-refractivity contribution in [1.82, 2.24) is 0 Å². The smallest absolute Gasteiger partial charge is 0.0475 e. The molecule has 0 N–H and O–H groups in total. The van der Waals surface area contributed by atoms with Crippen LogP contribution in [0.2, 0.25) is 0 Å². The van der Waals surface area contributed by atoms with Crippen molar-refractivity contribution >= 4 is 23.5 Å². The first-order valence-corrected chi connectivity index (χ1v) is 3.48. The van der Waals surface area contributed by atoms with Crippen molar-refractivity contribution in [2.75, 3.05) is 5.08 Å². The van der Waals surface area contributed by atoms with E-state index in [-0.39, 0.29) is 16.5 Å². The first kappa shape index (κ1) is 6.93. The Morgan fingerprint density at radius 3 is 1.83 bits per heavy atom. The van der Waals surface area contributed by atoms with Crippen LogP contribution < -0.4 is 0 Å². The van der Waals surface area contributed by atoms with Gasteiger partial charge in [0.1, 0.15) is 0 Å². The predicted molar refractivity (Wildman–Crippen MR) is 29.2 cm³/mol. The molecule has 0 fully saturated rings. The van der Waals surface area contributed by atoms with Crippen LogP contribution in [0.25, 0.3) is 0 Å². The molecule has 0 aromatic carbocycles. The maximum atomic E-state index is 2.12. The van der Waals surface area contributed by atoms with Gasteiger partial charge in [-0.15, -0.1) is 23.5 Å². The summed E-state index contributed by atoms with van der Waals surface area (Å²) in [4.78, 5) is 0. The average Bonchev–Trinajstić information content (AvgIpc) is 1.76. The van der Waals surface area contributed by atoms with Crippen LogP contribution in [-0.4, -0.2) is 5.08 Å². The molecule has 0 unspecified atom stereocenters. The average molecular weight is 163 g/mol. The van der Waals surface area contributed by atoms with Crippen LogP contribution in [0.15, 0.2) is 10.8 Å². The molecule has 0 aromatic rings. The summed E-state index contributed by atoms with van der Waals surface area (Å²) in [5.41, 5.74) is 0. The van der Waals surface area contributed by atoms with Crippen molar-refractivity contribution in [2.24, 2.45) is 0 Å². The van der Waals surface area contributed by atoms with Gasteiger partial charge in [0.2, 0.25) is 0 Å². The Morgan fingerprint density at radius 1 is 1.17 bits per heavy atom. The second-order valence-corrected chi connectivity index (χ2v) is 2.88. The standard InChI is InChI=1S/C3H4S2.Ni/c1-2-5-3-4-1;/h1-2H,3H2;. The van der Waals surface area contributed by atoms with Crippen molar-refractivity contribution in [3.8, 4) is 0 Å². The maximum Gasteiger partial charge on any atom is 0.0475 e. The molecule has 38 valence electrons. The molecule has 0 aliphatic carbocycles. The van der Waals surface area contributed by atoms with Gasteiger partial charge in [-0.1, -0.05) is 0 Å². The van der Waals surface area contributed by atoms with Crippen LogP contribution in [0.1, 0.15) is 0 Å². The van der Waals surface area contributed by atoms with Crippen LogP contribution in [0, 0.1) is 0 Å². The summed E-state index contributed by atoms with van der Waals surface area (Å²) in [6.07, 6.45) is 0. The Bertz CT molecular complexity index is 46.8. The Labute approximate surface area is 56.1 Å². The molecule has 0 nitrogen and oxygen atoms in total. The second kappa shape index (κ2) is 4.10. The Balaban J connectivity index is 0.000000250. The third kappa shape index (κ3) is 2.17. The van der Waals surface area contributed by atoms with Crippen LogP contribution in [0.5, 0.6) is 0 Å². The van der Waals surface area contributed by atoms with E-state index in [2.05, 4.69) is 10.8 Å². The Kier molecular flexibility index (Phi) is 4.74. The Morgan fingerprint density at radius 2 is 1.67 bits per heavy atom. The van der Waals surface area contributed by atoms with Gasteiger partial charge in [-0.2, -0.15) is 0 Å². The van der Waals surface area contributed by atoms with Crippen molar-refractivity contribution in [3.63, 3.8) is 0 Å². The van der Waals surface area contributed by atoms with Gasteiger partial charge in [-0.3, -0.25) is 0 Å². The normalized spacial score (nSPS) is 17.3. The number of thioether (sulfide) groups is 2. The molecule has 0 amide bonds. The van der Waals surface area contributed by atoms with Crippen molar-refractivity contribution < 1.29 is 16.5 Å². The summed E-state index contributed by atoms with van der Waals surface area (Å²) >= 11 is 3.71. The minimum atomic E-state index is 0. The minimum absolute atomic E-state index is 0. The molecule has 1 aliphatic rings. The van der Waals surface area contributed by atoms with Crippen LogP contribution in [0.4, 0.5) is 0 Å². The summed E-state index contributed by atoms with van der Waals surface area (Å²) in [5, 5.41) is 5.45. The molecule has 6 heavy (non-hydrogen) atoms. The summed E-state index contributed by atoms with van der Waals surface area (Å²) in [6, 6.07) is 0.